The van der Waals surface area contributed by atoms with Gasteiger partial charge in [-0.15, -0.1) is 0 Å². The lowest BCUT2D eigenvalue weighted by atomic mass is 10.2. The maximum Gasteiger partial charge on any atom is 0.206 e. The van der Waals surface area contributed by atoms with Gasteiger partial charge in [-0.3, -0.25) is 0 Å². The van der Waals surface area contributed by atoms with E-state index >= 15 is 0 Å². The minimum absolute atomic E-state index is 0.00118. The number of ether oxygens (including phenoxy) is 6. The van der Waals surface area contributed by atoms with Crippen molar-refractivity contribution in [3.05, 3.63) is 291 Å². The average Bonchev–Trinajstić information content (AvgIpc) is 0.836. The number of hydrogen-bond acceptors (Lipinski definition) is 24. The highest BCUT2D eigenvalue weighted by molar-refractivity contribution is 7.93. The summed E-state index contributed by atoms with van der Waals surface area (Å²) in [4.78, 5) is 1.34. The molecule has 30 heteroatoms. The summed E-state index contributed by atoms with van der Waals surface area (Å²) in [7, 11) is -22.1. The molecular weight excluding hydrogens is 1590 g/mol. The summed E-state index contributed by atoms with van der Waals surface area (Å²) in [6, 6.07) is 69.0. The standard InChI is InChI=1S/C29H28O8S2.C28H26O8S2.C27H24O8S2/c30-22-4-12-26(13-5-22)38(32,33)28-16-8-24(9-17-28)36-20-2-1-3-21-37-25-10-18-29(19-11-25)39(34,35)27-14-6-23(31)7-15-27;29-21-3-11-25(12-4-21)37(31,32)27-15-7-23(8-16-27)35-19-1-2-20-36-24-9-17-28(18-10-24)38(33,34)26-13-5-22(30)6-14-26;28-20-2-10-24(11-3-20)36(30,31)26-14-6-22(7-15-26)34-18-1-19-35-23-8-16-27(17-9-23)37(32,33)25-12-4-21(29)5-13-25/h4-19,30-31H,1-3,20-21H2;3-18,29-30H,1-2,19-20H2;2-17,28-29H,1,18-19H2. The Morgan fingerprint density at radius 1 is 0.149 bits per heavy atom. The van der Waals surface area contributed by atoms with E-state index in [1.165, 1.54) is 218 Å². The number of aromatic hydroxyl groups is 6. The van der Waals surface area contributed by atoms with E-state index < -0.39 is 59.0 Å². The fraction of sp³-hybridized carbons (Fsp3) is 0.143. The van der Waals surface area contributed by atoms with Crippen molar-refractivity contribution in [1.29, 1.82) is 0 Å². The SMILES string of the molecule is O=S(=O)(c1ccc(O)cc1)c1ccc(OCCCCCOc2ccc(S(=O)(=O)c3ccc(O)cc3)cc2)cc1.O=S(=O)(c1ccc(O)cc1)c1ccc(OCCCCOc2ccc(S(=O)(=O)c3ccc(O)cc3)cc2)cc1.O=S(=O)(c1ccc(O)cc1)c1ccc(OCCCOc2ccc(S(=O)(=O)c3ccc(O)cc3)cc2)cc1. The van der Waals surface area contributed by atoms with E-state index in [-0.39, 0.29) is 93.2 Å². The fourth-order valence-electron chi connectivity index (χ4n) is 10.6. The second-order valence-electron chi connectivity index (χ2n) is 25.0. The lowest BCUT2D eigenvalue weighted by Gasteiger charge is -2.10. The first kappa shape index (κ1) is 84.4. The van der Waals surface area contributed by atoms with Crippen LogP contribution in [0.1, 0.15) is 38.5 Å². The molecule has 12 rings (SSSR count). The molecule has 0 fully saturated rings. The summed E-state index contributed by atoms with van der Waals surface area (Å²) in [5.41, 5.74) is 0. The smallest absolute Gasteiger partial charge is 0.206 e. The predicted octanol–water partition coefficient (Wildman–Crippen LogP) is 15.0. The van der Waals surface area contributed by atoms with E-state index in [0.29, 0.717) is 93.4 Å². The summed E-state index contributed by atoms with van der Waals surface area (Å²) in [5, 5.41) is 56.1. The third kappa shape index (κ3) is 22.8. The average molecular weight is 1660 g/mol. The Kier molecular flexibility index (Phi) is 28.5. The fourth-order valence-corrected chi connectivity index (χ4v) is 18.2. The number of phenols is 6. The Morgan fingerprint density at radius 2 is 0.254 bits per heavy atom. The molecule has 0 spiro atoms. The third-order valence-corrected chi connectivity index (χ3v) is 27.6. The molecule has 24 nitrogen and oxygen atoms in total. The molecule has 0 saturated carbocycles. The molecule has 594 valence electrons. The molecule has 0 heterocycles. The minimum atomic E-state index is -3.70. The highest BCUT2D eigenvalue weighted by Crippen LogP contribution is 2.32. The highest BCUT2D eigenvalue weighted by atomic mass is 32.2. The number of sulfone groups is 6. The molecule has 0 radical (unpaired) electrons. The Hall–Kier alpha value is -12.1. The van der Waals surface area contributed by atoms with Gasteiger partial charge in [0.25, 0.3) is 0 Å². The first-order valence-electron chi connectivity index (χ1n) is 35.1. The molecule has 0 aliphatic carbocycles. The molecule has 114 heavy (non-hydrogen) atoms. The van der Waals surface area contributed by atoms with E-state index in [1.807, 2.05) is 0 Å². The zero-order valence-electron chi connectivity index (χ0n) is 60.7. The molecule has 0 atom stereocenters. The second-order valence-corrected chi connectivity index (χ2v) is 36.7. The van der Waals surface area contributed by atoms with Crippen LogP contribution < -0.4 is 28.4 Å². The van der Waals surface area contributed by atoms with Crippen molar-refractivity contribution in [3.63, 3.8) is 0 Å². The number of unbranched alkanes of at least 4 members (excludes halogenated alkanes) is 3. The molecule has 0 amide bonds. The molecule has 0 aliphatic heterocycles. The monoisotopic (exact) mass is 1660 g/mol. The molecule has 0 unspecified atom stereocenters. The summed E-state index contributed by atoms with van der Waals surface area (Å²) in [6.07, 6.45) is 4.34. The number of phenolic OH excluding ortho intramolecular Hbond substituents is 6. The van der Waals surface area contributed by atoms with Gasteiger partial charge in [0.2, 0.25) is 59.0 Å². The topological polar surface area (TPSA) is 382 Å². The van der Waals surface area contributed by atoms with Crippen molar-refractivity contribution in [2.24, 2.45) is 0 Å². The summed E-state index contributed by atoms with van der Waals surface area (Å²) in [6.45, 7) is 2.42. The summed E-state index contributed by atoms with van der Waals surface area (Å²) < 4.78 is 186. The summed E-state index contributed by atoms with van der Waals surface area (Å²) >= 11 is 0. The first-order chi connectivity index (χ1) is 54.5. The van der Waals surface area contributed by atoms with Gasteiger partial charge in [0.05, 0.1) is 98.4 Å². The van der Waals surface area contributed by atoms with E-state index in [9.17, 15) is 81.1 Å². The Balaban J connectivity index is 0.000000181. The van der Waals surface area contributed by atoms with Crippen LogP contribution in [-0.4, -0.2) is 121 Å². The minimum Gasteiger partial charge on any atom is -0.508 e. The van der Waals surface area contributed by atoms with Gasteiger partial charge in [-0.2, -0.15) is 0 Å². The van der Waals surface area contributed by atoms with E-state index in [1.54, 1.807) is 72.8 Å². The van der Waals surface area contributed by atoms with Gasteiger partial charge in [0.15, 0.2) is 0 Å². The normalized spacial score (nSPS) is 11.7. The lowest BCUT2D eigenvalue weighted by molar-refractivity contribution is 0.247. The van der Waals surface area contributed by atoms with Crippen LogP contribution in [0.3, 0.4) is 0 Å². The molecular formula is C84H78O24S6. The van der Waals surface area contributed by atoms with Crippen LogP contribution in [0.2, 0.25) is 0 Å². The zero-order chi connectivity index (χ0) is 81.5. The third-order valence-electron chi connectivity index (χ3n) is 16.9. The van der Waals surface area contributed by atoms with Crippen molar-refractivity contribution in [2.45, 2.75) is 97.3 Å². The van der Waals surface area contributed by atoms with Crippen molar-refractivity contribution < 1.29 is 110 Å². The largest absolute Gasteiger partial charge is 0.508 e. The van der Waals surface area contributed by atoms with Crippen LogP contribution >= 0.6 is 0 Å². The van der Waals surface area contributed by atoms with Crippen LogP contribution in [-0.2, 0) is 59.0 Å². The molecule has 12 aromatic rings. The van der Waals surface area contributed by atoms with Gasteiger partial charge in [-0.1, -0.05) is 0 Å². The quantitative estimate of drug-likeness (QED) is 0.0208. The lowest BCUT2D eigenvalue weighted by Crippen LogP contribution is -2.06. The van der Waals surface area contributed by atoms with Crippen LogP contribution in [0.5, 0.6) is 69.0 Å². The van der Waals surface area contributed by atoms with E-state index in [4.69, 9.17) is 28.4 Å². The first-order valence-corrected chi connectivity index (χ1v) is 44.0. The van der Waals surface area contributed by atoms with Gasteiger partial charge in [-0.05, 0) is 323 Å². The van der Waals surface area contributed by atoms with Gasteiger partial charge < -0.3 is 59.1 Å². The maximum absolute atomic E-state index is 12.7. The molecule has 12 aromatic carbocycles. The Labute approximate surface area is 661 Å². The van der Waals surface area contributed by atoms with Crippen LogP contribution in [0.25, 0.3) is 0 Å². The molecule has 0 saturated heterocycles. The van der Waals surface area contributed by atoms with Gasteiger partial charge in [-0.25, -0.2) is 50.5 Å². The summed E-state index contributed by atoms with van der Waals surface area (Å²) in [5.74, 6) is 3.20. The number of hydrogen-bond donors (Lipinski definition) is 6. The zero-order valence-corrected chi connectivity index (χ0v) is 65.6. The molecule has 6 N–H and O–H groups in total. The molecule has 0 aromatic heterocycles. The van der Waals surface area contributed by atoms with Gasteiger partial charge in [0.1, 0.15) is 69.0 Å². The Bertz CT molecular complexity index is 5490. The maximum atomic E-state index is 12.7. The van der Waals surface area contributed by atoms with Crippen LogP contribution in [0, 0.1) is 0 Å². The predicted molar refractivity (Wildman–Crippen MR) is 421 cm³/mol. The van der Waals surface area contributed by atoms with Crippen molar-refractivity contribution in [1.82, 2.24) is 0 Å². The van der Waals surface area contributed by atoms with Gasteiger partial charge in [0, 0.05) is 6.42 Å². The second kappa shape index (κ2) is 38.4. The van der Waals surface area contributed by atoms with Crippen LogP contribution in [0.4, 0.5) is 0 Å². The van der Waals surface area contributed by atoms with Gasteiger partial charge >= 0.3 is 0 Å². The van der Waals surface area contributed by atoms with E-state index in [0.717, 1.165) is 19.3 Å². The number of rotatable bonds is 33. The number of benzene rings is 12. The molecule has 0 bridgehead atoms. The van der Waals surface area contributed by atoms with E-state index in [2.05, 4.69) is 0 Å². The van der Waals surface area contributed by atoms with Crippen molar-refractivity contribution in [3.8, 4) is 69.0 Å². The van der Waals surface area contributed by atoms with Crippen molar-refractivity contribution in [2.75, 3.05) is 39.6 Å². The Morgan fingerprint density at radius 3 is 0.386 bits per heavy atom. The van der Waals surface area contributed by atoms with Crippen LogP contribution in [0.15, 0.2) is 350 Å². The molecule has 0 aliphatic rings. The van der Waals surface area contributed by atoms with Crippen molar-refractivity contribution >= 4 is 59.0 Å². The highest BCUT2D eigenvalue weighted by Gasteiger charge is 2.24.